The van der Waals surface area contributed by atoms with E-state index in [4.69, 9.17) is 11.6 Å². The number of anilines is 1. The minimum absolute atomic E-state index is 0.0684. The predicted molar refractivity (Wildman–Crippen MR) is 152 cm³/mol. The monoisotopic (exact) mass is 555 g/mol. The summed E-state index contributed by atoms with van der Waals surface area (Å²) in [4.78, 5) is 28.0. The molecule has 0 bridgehead atoms. The molecule has 2 amide bonds. The van der Waals surface area contributed by atoms with Gasteiger partial charge < -0.3 is 10.2 Å². The van der Waals surface area contributed by atoms with Crippen LogP contribution in [-0.2, 0) is 26.2 Å². The molecule has 0 unspecified atom stereocenters. The van der Waals surface area contributed by atoms with Crippen LogP contribution in [0.4, 0.5) is 5.69 Å². The zero-order valence-electron chi connectivity index (χ0n) is 22.1. The summed E-state index contributed by atoms with van der Waals surface area (Å²) < 4.78 is 28.7. The van der Waals surface area contributed by atoms with Crippen LogP contribution in [0.15, 0.2) is 83.8 Å². The number of sulfonamides is 1. The average molecular weight is 556 g/mol. The molecule has 0 aromatic heterocycles. The maximum Gasteiger partial charge on any atom is 0.264 e. The summed E-state index contributed by atoms with van der Waals surface area (Å²) in [6.07, 6.45) is 0. The van der Waals surface area contributed by atoms with Gasteiger partial charge in [0.1, 0.15) is 12.6 Å². The molecule has 0 radical (unpaired) electrons. The van der Waals surface area contributed by atoms with E-state index < -0.39 is 28.5 Å². The number of rotatable bonds is 11. The molecule has 0 saturated carbocycles. The molecule has 0 fully saturated rings. The molecule has 3 rings (SSSR count). The zero-order valence-corrected chi connectivity index (χ0v) is 23.7. The summed E-state index contributed by atoms with van der Waals surface area (Å²) in [5.74, 6) is -0.589. The number of carbonyl (C=O) groups excluding carboxylic acids is 2. The molecule has 0 spiro atoms. The standard InChI is InChI=1S/C29H34ClN3O4S/c1-5-31-29(35)22(4)32(19-23-10-9-11-25(30)18-23)28(34)20-33(26-16-14-24(15-17-26)21(2)3)38(36,37)27-12-7-6-8-13-27/h6-18,21-22H,5,19-20H2,1-4H3,(H,31,35)/t22-/m0/s1. The van der Waals surface area contributed by atoms with Crippen molar-refractivity contribution in [3.63, 3.8) is 0 Å². The molecule has 0 heterocycles. The number of halogens is 1. The number of hydrogen-bond acceptors (Lipinski definition) is 4. The van der Waals surface area contributed by atoms with Crippen LogP contribution in [0.2, 0.25) is 5.02 Å². The van der Waals surface area contributed by atoms with Crippen molar-refractivity contribution >= 4 is 39.1 Å². The SMILES string of the molecule is CCNC(=O)[C@H](C)N(Cc1cccc(Cl)c1)C(=O)CN(c1ccc(C(C)C)cc1)S(=O)(=O)c1ccccc1. The average Bonchev–Trinajstić information content (AvgIpc) is 2.90. The Morgan fingerprint density at radius 2 is 1.58 bits per heavy atom. The van der Waals surface area contributed by atoms with Crippen LogP contribution in [0.3, 0.4) is 0 Å². The highest BCUT2D eigenvalue weighted by Crippen LogP contribution is 2.26. The van der Waals surface area contributed by atoms with Crippen LogP contribution in [-0.4, -0.2) is 44.3 Å². The first-order valence-corrected chi connectivity index (χ1v) is 14.4. The first-order valence-electron chi connectivity index (χ1n) is 12.5. The van der Waals surface area contributed by atoms with Crippen molar-refractivity contribution in [2.45, 2.75) is 51.1 Å². The van der Waals surface area contributed by atoms with Gasteiger partial charge in [0.15, 0.2) is 0 Å². The van der Waals surface area contributed by atoms with Crippen molar-refractivity contribution in [2.75, 3.05) is 17.4 Å². The van der Waals surface area contributed by atoms with Crippen LogP contribution < -0.4 is 9.62 Å². The highest BCUT2D eigenvalue weighted by molar-refractivity contribution is 7.92. The van der Waals surface area contributed by atoms with Gasteiger partial charge in [-0.2, -0.15) is 0 Å². The lowest BCUT2D eigenvalue weighted by Gasteiger charge is -2.32. The van der Waals surface area contributed by atoms with E-state index in [0.717, 1.165) is 15.4 Å². The lowest BCUT2D eigenvalue weighted by Crippen LogP contribution is -2.51. The molecule has 0 aliphatic rings. The van der Waals surface area contributed by atoms with Gasteiger partial charge in [-0.3, -0.25) is 13.9 Å². The Bertz CT molecular complexity index is 1350. The van der Waals surface area contributed by atoms with Gasteiger partial charge in [0, 0.05) is 18.1 Å². The number of hydrogen-bond donors (Lipinski definition) is 1. The molecule has 1 N–H and O–H groups in total. The lowest BCUT2D eigenvalue weighted by molar-refractivity contribution is -0.139. The minimum atomic E-state index is -4.09. The van der Waals surface area contributed by atoms with E-state index in [1.54, 1.807) is 68.4 Å². The molecule has 0 aliphatic heterocycles. The molecule has 9 heteroatoms. The zero-order chi connectivity index (χ0) is 27.9. The molecular weight excluding hydrogens is 522 g/mol. The van der Waals surface area contributed by atoms with Gasteiger partial charge in [0.2, 0.25) is 11.8 Å². The second-order valence-electron chi connectivity index (χ2n) is 9.29. The van der Waals surface area contributed by atoms with E-state index in [-0.39, 0.29) is 23.3 Å². The van der Waals surface area contributed by atoms with Crippen molar-refractivity contribution in [1.82, 2.24) is 10.2 Å². The molecule has 0 aliphatic carbocycles. The van der Waals surface area contributed by atoms with E-state index in [9.17, 15) is 18.0 Å². The van der Waals surface area contributed by atoms with E-state index in [2.05, 4.69) is 5.32 Å². The molecule has 3 aromatic carbocycles. The van der Waals surface area contributed by atoms with Crippen LogP contribution in [0.5, 0.6) is 0 Å². The second-order valence-corrected chi connectivity index (χ2v) is 11.6. The van der Waals surface area contributed by atoms with Crippen molar-refractivity contribution in [3.8, 4) is 0 Å². The number of likely N-dealkylation sites (N-methyl/N-ethyl adjacent to an activating group) is 1. The van der Waals surface area contributed by atoms with E-state index in [1.807, 2.05) is 26.0 Å². The van der Waals surface area contributed by atoms with Crippen LogP contribution in [0, 0.1) is 0 Å². The highest BCUT2D eigenvalue weighted by atomic mass is 35.5. The summed E-state index contributed by atoms with van der Waals surface area (Å²) in [5.41, 5.74) is 2.13. The normalized spacial score (nSPS) is 12.2. The number of nitrogens with zero attached hydrogens (tertiary/aromatic N) is 2. The molecule has 38 heavy (non-hydrogen) atoms. The fraction of sp³-hybridized carbons (Fsp3) is 0.310. The number of amides is 2. The minimum Gasteiger partial charge on any atom is -0.355 e. The predicted octanol–water partition coefficient (Wildman–Crippen LogP) is 5.21. The molecule has 3 aromatic rings. The number of benzene rings is 3. The molecule has 202 valence electrons. The Kier molecular flexibility index (Phi) is 9.94. The largest absolute Gasteiger partial charge is 0.355 e. The summed E-state index contributed by atoms with van der Waals surface area (Å²) in [7, 11) is -4.09. The Morgan fingerprint density at radius 1 is 0.921 bits per heavy atom. The van der Waals surface area contributed by atoms with E-state index in [1.165, 1.54) is 17.0 Å². The maximum atomic E-state index is 13.8. The Hall–Kier alpha value is -3.36. The highest BCUT2D eigenvalue weighted by Gasteiger charge is 2.32. The van der Waals surface area contributed by atoms with E-state index in [0.29, 0.717) is 17.3 Å². The lowest BCUT2D eigenvalue weighted by atomic mass is 10.0. The third kappa shape index (κ3) is 7.14. The fourth-order valence-corrected chi connectivity index (χ4v) is 5.66. The molecule has 7 nitrogen and oxygen atoms in total. The van der Waals surface area contributed by atoms with Crippen molar-refractivity contribution in [2.24, 2.45) is 0 Å². The Labute approximate surface area is 230 Å². The Morgan fingerprint density at radius 3 is 2.16 bits per heavy atom. The third-order valence-electron chi connectivity index (χ3n) is 6.22. The van der Waals surface area contributed by atoms with Crippen LogP contribution in [0.1, 0.15) is 44.7 Å². The maximum absolute atomic E-state index is 13.8. The fourth-order valence-electron chi connectivity index (χ4n) is 4.01. The summed E-state index contributed by atoms with van der Waals surface area (Å²) in [6, 6.07) is 21.3. The summed E-state index contributed by atoms with van der Waals surface area (Å²) in [6.45, 7) is 7.52. The first kappa shape index (κ1) is 29.2. The van der Waals surface area contributed by atoms with Gasteiger partial charge in [0.25, 0.3) is 10.0 Å². The molecule has 1 atom stereocenters. The van der Waals surface area contributed by atoms with E-state index >= 15 is 0 Å². The topological polar surface area (TPSA) is 86.8 Å². The van der Waals surface area contributed by atoms with Gasteiger partial charge in [0.05, 0.1) is 10.6 Å². The van der Waals surface area contributed by atoms with Gasteiger partial charge in [-0.05, 0) is 67.3 Å². The van der Waals surface area contributed by atoms with Crippen molar-refractivity contribution in [1.29, 1.82) is 0 Å². The van der Waals surface area contributed by atoms with Crippen molar-refractivity contribution in [3.05, 3.63) is 95.0 Å². The Balaban J connectivity index is 2.03. The summed E-state index contributed by atoms with van der Waals surface area (Å²) >= 11 is 6.16. The number of nitrogens with one attached hydrogen (secondary N) is 1. The van der Waals surface area contributed by atoms with Gasteiger partial charge >= 0.3 is 0 Å². The van der Waals surface area contributed by atoms with Gasteiger partial charge in [-0.15, -0.1) is 0 Å². The smallest absolute Gasteiger partial charge is 0.264 e. The molecular formula is C29H34ClN3O4S. The van der Waals surface area contributed by atoms with Gasteiger partial charge in [-0.1, -0.05) is 67.9 Å². The van der Waals surface area contributed by atoms with Crippen molar-refractivity contribution < 1.29 is 18.0 Å². The van der Waals surface area contributed by atoms with Crippen LogP contribution >= 0.6 is 11.6 Å². The number of carbonyl (C=O) groups is 2. The third-order valence-corrected chi connectivity index (χ3v) is 8.24. The first-order chi connectivity index (χ1) is 18.0. The van der Waals surface area contributed by atoms with Gasteiger partial charge in [-0.25, -0.2) is 8.42 Å². The summed E-state index contributed by atoms with van der Waals surface area (Å²) in [5, 5.41) is 3.24. The van der Waals surface area contributed by atoms with Crippen LogP contribution in [0.25, 0.3) is 0 Å². The molecule has 0 saturated heterocycles. The second kappa shape index (κ2) is 12.9. The quantitative estimate of drug-likeness (QED) is 0.352.